The second-order valence-electron chi connectivity index (χ2n) is 10.9. The van der Waals surface area contributed by atoms with E-state index < -0.39 is 6.04 Å². The van der Waals surface area contributed by atoms with Gasteiger partial charge >= 0.3 is 0 Å². The van der Waals surface area contributed by atoms with Gasteiger partial charge in [0, 0.05) is 11.4 Å². The number of hydrogen-bond donors (Lipinski definition) is 2. The maximum atomic E-state index is 14.0. The fraction of sp³-hybridized carbons (Fsp3) is 0.233. The third-order valence-electron chi connectivity index (χ3n) is 8.26. The highest BCUT2D eigenvalue weighted by Gasteiger charge is 2.64. The SMILES string of the molecule is C[C@]12CC1N(C(=O)Cn1c3ccc(-c4ccccc4)cc3c3c(N)ncnc31)[C@H](C(=O)Nc1cccc(Br)n1)C2. The van der Waals surface area contributed by atoms with Crippen LogP contribution in [-0.2, 0) is 16.1 Å². The first-order valence-corrected chi connectivity index (χ1v) is 13.9. The monoisotopic (exact) mass is 595 g/mol. The van der Waals surface area contributed by atoms with Gasteiger partial charge in [0.2, 0.25) is 11.8 Å². The molecule has 3 atom stereocenters. The number of benzene rings is 2. The number of carbonyl (C=O) groups is 2. The van der Waals surface area contributed by atoms with Gasteiger partial charge in [0.15, 0.2) is 0 Å². The van der Waals surface area contributed by atoms with Crippen molar-refractivity contribution >= 4 is 61.3 Å². The van der Waals surface area contributed by atoms with Crippen LogP contribution in [0, 0.1) is 5.41 Å². The molecule has 9 nitrogen and oxygen atoms in total. The molecule has 10 heteroatoms. The van der Waals surface area contributed by atoms with Crippen LogP contribution in [0.3, 0.4) is 0 Å². The van der Waals surface area contributed by atoms with Crippen LogP contribution in [0.4, 0.5) is 11.6 Å². The molecule has 0 spiro atoms. The number of nitrogen functional groups attached to an aromatic ring is 1. The van der Waals surface area contributed by atoms with Crippen molar-refractivity contribution in [1.82, 2.24) is 24.4 Å². The Morgan fingerprint density at radius 3 is 2.67 bits per heavy atom. The van der Waals surface area contributed by atoms with E-state index in [2.05, 4.69) is 61.3 Å². The van der Waals surface area contributed by atoms with Crippen LogP contribution in [0.2, 0.25) is 0 Å². The first kappa shape index (κ1) is 24.7. The molecule has 3 N–H and O–H groups in total. The Balaban J connectivity index is 1.24. The molecule has 0 radical (unpaired) electrons. The average molecular weight is 596 g/mol. The number of rotatable bonds is 5. The van der Waals surface area contributed by atoms with E-state index in [-0.39, 0.29) is 29.8 Å². The Morgan fingerprint density at radius 1 is 1.05 bits per heavy atom. The molecule has 7 rings (SSSR count). The molecule has 2 aliphatic rings. The number of nitrogens with two attached hydrogens (primary N) is 1. The highest BCUT2D eigenvalue weighted by molar-refractivity contribution is 9.10. The van der Waals surface area contributed by atoms with Gasteiger partial charge in [-0.15, -0.1) is 0 Å². The van der Waals surface area contributed by atoms with Gasteiger partial charge in [-0.1, -0.05) is 49.4 Å². The molecule has 1 saturated heterocycles. The van der Waals surface area contributed by atoms with E-state index in [1.807, 2.05) is 41.0 Å². The Kier molecular flexibility index (Phi) is 5.64. The van der Waals surface area contributed by atoms with E-state index in [0.717, 1.165) is 33.8 Å². The molecule has 1 unspecified atom stereocenters. The molecule has 1 saturated carbocycles. The van der Waals surface area contributed by atoms with Gasteiger partial charge in [-0.25, -0.2) is 15.0 Å². The predicted molar refractivity (Wildman–Crippen MR) is 157 cm³/mol. The predicted octanol–water partition coefficient (Wildman–Crippen LogP) is 5.01. The zero-order valence-corrected chi connectivity index (χ0v) is 23.3. The third kappa shape index (κ3) is 4.02. The molecule has 2 amide bonds. The largest absolute Gasteiger partial charge is 0.383 e. The Labute approximate surface area is 238 Å². The second-order valence-corrected chi connectivity index (χ2v) is 11.7. The number of piperidine rings is 1. The summed E-state index contributed by atoms with van der Waals surface area (Å²) in [6.07, 6.45) is 2.93. The fourth-order valence-corrected chi connectivity index (χ4v) is 6.52. The number of aromatic nitrogens is 4. The first-order chi connectivity index (χ1) is 19.3. The molecule has 3 aromatic heterocycles. The zero-order valence-electron chi connectivity index (χ0n) is 21.7. The second kappa shape index (κ2) is 9.12. The third-order valence-corrected chi connectivity index (χ3v) is 8.70. The van der Waals surface area contributed by atoms with Crippen LogP contribution in [-0.4, -0.2) is 48.3 Å². The molecule has 2 aromatic carbocycles. The van der Waals surface area contributed by atoms with Crippen molar-refractivity contribution in [2.75, 3.05) is 11.1 Å². The average Bonchev–Trinajstić information content (AvgIpc) is 3.35. The lowest BCUT2D eigenvalue weighted by atomic mass is 10.0. The summed E-state index contributed by atoms with van der Waals surface area (Å²) in [5.41, 5.74) is 9.84. The van der Waals surface area contributed by atoms with Gasteiger partial charge in [-0.05, 0) is 69.6 Å². The normalized spacial score (nSPS) is 21.5. The van der Waals surface area contributed by atoms with Crippen LogP contribution in [0.25, 0.3) is 33.1 Å². The summed E-state index contributed by atoms with van der Waals surface area (Å²) in [6, 6.07) is 21.0. The minimum Gasteiger partial charge on any atom is -0.383 e. The van der Waals surface area contributed by atoms with Gasteiger partial charge in [-0.2, -0.15) is 0 Å². The molecule has 0 bridgehead atoms. The quantitative estimate of drug-likeness (QED) is 0.276. The van der Waals surface area contributed by atoms with Crippen LogP contribution >= 0.6 is 15.9 Å². The van der Waals surface area contributed by atoms with Crippen molar-refractivity contribution in [1.29, 1.82) is 0 Å². The molecular formula is C30H26BrN7O2. The number of anilines is 2. The van der Waals surface area contributed by atoms with E-state index >= 15 is 0 Å². The number of fused-ring (bicyclic) bond motifs is 4. The summed E-state index contributed by atoms with van der Waals surface area (Å²) in [6.45, 7) is 2.18. The van der Waals surface area contributed by atoms with Crippen LogP contribution in [0.15, 0.2) is 77.7 Å². The Hall–Kier alpha value is -4.31. The Morgan fingerprint density at radius 2 is 1.88 bits per heavy atom. The topological polar surface area (TPSA) is 119 Å². The minimum absolute atomic E-state index is 0.0312. The lowest BCUT2D eigenvalue weighted by Gasteiger charge is -2.27. The summed E-state index contributed by atoms with van der Waals surface area (Å²) < 4.78 is 2.52. The van der Waals surface area contributed by atoms with Crippen LogP contribution in [0.5, 0.6) is 0 Å². The lowest BCUT2D eigenvalue weighted by molar-refractivity contribution is -0.138. The molecule has 5 aromatic rings. The summed E-state index contributed by atoms with van der Waals surface area (Å²) in [4.78, 5) is 42.2. The Bertz CT molecular complexity index is 1820. The van der Waals surface area contributed by atoms with Gasteiger partial charge < -0.3 is 20.5 Å². The van der Waals surface area contributed by atoms with Crippen molar-refractivity contribution in [3.63, 3.8) is 0 Å². The summed E-state index contributed by atoms with van der Waals surface area (Å²) in [5.74, 6) is 0.452. The first-order valence-electron chi connectivity index (χ1n) is 13.1. The molecule has 40 heavy (non-hydrogen) atoms. The molecular weight excluding hydrogens is 570 g/mol. The lowest BCUT2D eigenvalue weighted by Crippen LogP contribution is -2.46. The minimum atomic E-state index is -0.575. The molecule has 1 aliphatic carbocycles. The van der Waals surface area contributed by atoms with E-state index in [0.29, 0.717) is 28.3 Å². The van der Waals surface area contributed by atoms with E-state index in [1.165, 1.54) is 6.33 Å². The van der Waals surface area contributed by atoms with E-state index in [4.69, 9.17) is 5.73 Å². The van der Waals surface area contributed by atoms with Gasteiger partial charge in [-0.3, -0.25) is 9.59 Å². The van der Waals surface area contributed by atoms with Gasteiger partial charge in [0.1, 0.15) is 40.8 Å². The maximum Gasteiger partial charge on any atom is 0.248 e. The maximum absolute atomic E-state index is 14.0. The summed E-state index contributed by atoms with van der Waals surface area (Å²) >= 11 is 3.34. The molecule has 1 aliphatic heterocycles. The molecule has 200 valence electrons. The van der Waals surface area contributed by atoms with Gasteiger partial charge in [0.05, 0.1) is 10.9 Å². The molecule has 2 fully saturated rings. The van der Waals surface area contributed by atoms with Crippen LogP contribution < -0.4 is 11.1 Å². The van der Waals surface area contributed by atoms with Crippen molar-refractivity contribution in [2.24, 2.45) is 5.41 Å². The van der Waals surface area contributed by atoms with E-state index in [9.17, 15) is 9.59 Å². The van der Waals surface area contributed by atoms with Crippen molar-refractivity contribution in [2.45, 2.75) is 38.4 Å². The number of nitrogens with one attached hydrogen (secondary N) is 1. The highest BCUT2D eigenvalue weighted by atomic mass is 79.9. The summed E-state index contributed by atoms with van der Waals surface area (Å²) in [7, 11) is 0. The van der Waals surface area contributed by atoms with Crippen molar-refractivity contribution < 1.29 is 9.59 Å². The molecule has 4 heterocycles. The standard InChI is InChI=1S/C30H26BrN7O2/c1-30-13-21(29(40)36-24-9-5-8-23(31)35-24)38(22(30)14-30)25(39)15-37-20-11-10-18(17-6-3-2-4-7-17)12-19(20)26-27(32)33-16-34-28(26)37/h2-12,16,21-22H,13-15H2,1H3,(H2,32,33,34)(H,35,36,40)/t21-,22?,30-/m0/s1. The number of hydrogen-bond acceptors (Lipinski definition) is 6. The summed E-state index contributed by atoms with van der Waals surface area (Å²) in [5, 5.41) is 4.50. The van der Waals surface area contributed by atoms with E-state index in [1.54, 1.807) is 17.0 Å². The number of amides is 2. The van der Waals surface area contributed by atoms with Crippen molar-refractivity contribution in [3.05, 3.63) is 77.7 Å². The fourth-order valence-electron chi connectivity index (χ4n) is 6.17. The zero-order chi connectivity index (χ0) is 27.6. The number of halogens is 1. The number of pyridine rings is 1. The van der Waals surface area contributed by atoms with Gasteiger partial charge in [0.25, 0.3) is 0 Å². The van der Waals surface area contributed by atoms with Crippen LogP contribution in [0.1, 0.15) is 19.8 Å². The smallest absolute Gasteiger partial charge is 0.248 e. The number of nitrogens with zero attached hydrogens (tertiary/aromatic N) is 5. The highest BCUT2D eigenvalue weighted by Crippen LogP contribution is 2.59. The van der Waals surface area contributed by atoms with Crippen molar-refractivity contribution in [3.8, 4) is 11.1 Å². The number of likely N-dealkylation sites (tertiary alicyclic amines) is 1. The number of carbonyl (C=O) groups excluding carboxylic acids is 2.